The van der Waals surface area contributed by atoms with Gasteiger partial charge < -0.3 is 14.9 Å². The van der Waals surface area contributed by atoms with E-state index >= 15 is 0 Å². The minimum absolute atomic E-state index is 0.0555. The third kappa shape index (κ3) is 5.06. The average molecular weight is 478 g/mol. The van der Waals surface area contributed by atoms with E-state index in [9.17, 15) is 4.79 Å². The van der Waals surface area contributed by atoms with Gasteiger partial charge in [0.05, 0.1) is 29.8 Å². The zero-order valence-corrected chi connectivity index (χ0v) is 20.1. The summed E-state index contributed by atoms with van der Waals surface area (Å²) < 4.78 is 3.50. The highest BCUT2D eigenvalue weighted by Crippen LogP contribution is 2.33. The third-order valence-corrected chi connectivity index (χ3v) is 6.63. The Kier molecular flexibility index (Phi) is 6.74. The number of fused-ring (bicyclic) bond motifs is 1. The molecule has 0 spiro atoms. The van der Waals surface area contributed by atoms with Crippen molar-refractivity contribution in [3.8, 4) is 10.4 Å². The number of rotatable bonds is 3. The highest BCUT2D eigenvalue weighted by atomic mass is 35.5. The van der Waals surface area contributed by atoms with E-state index in [-0.39, 0.29) is 11.6 Å². The molecule has 0 aliphatic carbocycles. The number of hydrogen-bond donors (Lipinski definition) is 1. The van der Waals surface area contributed by atoms with E-state index in [2.05, 4.69) is 23.0 Å². The summed E-state index contributed by atoms with van der Waals surface area (Å²) in [4.78, 5) is 23.0. The quantitative estimate of drug-likeness (QED) is 0.392. The first-order valence-corrected chi connectivity index (χ1v) is 11.5. The zero-order chi connectivity index (χ0) is 23.5. The standard InChI is InChI=1S/C21H18ClN3OS.C4H6N2/c1-12-3-8-19(27-12)16-10-20(26)25(2)18-11-24-17(9-15(16)18)21(23)13-4-6-14(22)7-5-13;1-6-3-2-5-4-6/h3-11,21H,23H2,1-2H3;2-4H,1H3. The fraction of sp³-hybridized carbons (Fsp3) is 0.160. The molecule has 0 amide bonds. The molecule has 0 radical (unpaired) electrons. The van der Waals surface area contributed by atoms with Gasteiger partial charge in [-0.15, -0.1) is 11.3 Å². The summed E-state index contributed by atoms with van der Waals surface area (Å²) >= 11 is 7.64. The minimum Gasteiger partial charge on any atom is -0.341 e. The van der Waals surface area contributed by atoms with Crippen LogP contribution in [0, 0.1) is 6.92 Å². The smallest absolute Gasteiger partial charge is 0.251 e. The van der Waals surface area contributed by atoms with Crippen molar-refractivity contribution >= 4 is 33.8 Å². The molecule has 0 saturated heterocycles. The fourth-order valence-corrected chi connectivity index (χ4v) is 4.51. The lowest BCUT2D eigenvalue weighted by molar-refractivity contribution is 0.827. The normalized spacial score (nSPS) is 11.8. The Bertz CT molecular complexity index is 1440. The Morgan fingerprint density at radius 3 is 2.42 bits per heavy atom. The number of benzene rings is 1. The van der Waals surface area contributed by atoms with Gasteiger partial charge in [0.2, 0.25) is 0 Å². The van der Waals surface area contributed by atoms with Gasteiger partial charge in [-0.05, 0) is 42.8 Å². The van der Waals surface area contributed by atoms with Crippen LogP contribution in [0.1, 0.15) is 22.2 Å². The molecular formula is C25H24ClN5OS. The molecule has 4 heterocycles. The molecule has 33 heavy (non-hydrogen) atoms. The van der Waals surface area contributed by atoms with Crippen molar-refractivity contribution in [1.82, 2.24) is 19.1 Å². The lowest BCUT2D eigenvalue weighted by Crippen LogP contribution is -2.18. The molecule has 6 nitrogen and oxygen atoms in total. The van der Waals surface area contributed by atoms with Crippen LogP contribution in [-0.2, 0) is 14.1 Å². The van der Waals surface area contributed by atoms with Crippen LogP contribution < -0.4 is 11.3 Å². The maximum atomic E-state index is 12.4. The summed E-state index contributed by atoms with van der Waals surface area (Å²) in [6, 6.07) is 14.9. The summed E-state index contributed by atoms with van der Waals surface area (Å²) in [6.45, 7) is 2.06. The van der Waals surface area contributed by atoms with Gasteiger partial charge in [0.25, 0.3) is 5.56 Å². The molecule has 2 N–H and O–H groups in total. The van der Waals surface area contributed by atoms with E-state index in [1.165, 1.54) is 4.88 Å². The maximum Gasteiger partial charge on any atom is 0.251 e. The number of thiophene rings is 1. The predicted octanol–water partition coefficient (Wildman–Crippen LogP) is 5.09. The van der Waals surface area contributed by atoms with E-state index in [0.717, 1.165) is 32.6 Å². The molecule has 1 atom stereocenters. The lowest BCUT2D eigenvalue weighted by atomic mass is 10.0. The van der Waals surface area contributed by atoms with Gasteiger partial charge in [-0.1, -0.05) is 23.7 Å². The average Bonchev–Trinajstić information content (AvgIpc) is 3.47. The molecule has 1 unspecified atom stereocenters. The van der Waals surface area contributed by atoms with Gasteiger partial charge in [-0.2, -0.15) is 0 Å². The second-order valence-electron chi connectivity index (χ2n) is 7.75. The van der Waals surface area contributed by atoms with E-state index < -0.39 is 0 Å². The van der Waals surface area contributed by atoms with Crippen LogP contribution in [0.4, 0.5) is 0 Å². The maximum absolute atomic E-state index is 12.4. The number of halogens is 1. The number of nitrogens with two attached hydrogens (primary N) is 1. The Balaban J connectivity index is 0.000000376. The molecule has 0 bridgehead atoms. The van der Waals surface area contributed by atoms with Crippen LogP contribution in [0.2, 0.25) is 5.02 Å². The lowest BCUT2D eigenvalue weighted by Gasteiger charge is -2.15. The van der Waals surface area contributed by atoms with Crippen molar-refractivity contribution in [2.75, 3.05) is 0 Å². The molecular weight excluding hydrogens is 454 g/mol. The summed E-state index contributed by atoms with van der Waals surface area (Å²) in [5, 5.41) is 1.64. The van der Waals surface area contributed by atoms with Gasteiger partial charge in [-0.3, -0.25) is 9.78 Å². The third-order valence-electron chi connectivity index (χ3n) is 5.34. The number of aryl methyl sites for hydroxylation is 3. The number of imidazole rings is 1. The minimum atomic E-state index is -0.373. The van der Waals surface area contributed by atoms with Crippen LogP contribution in [0.15, 0.2) is 78.2 Å². The van der Waals surface area contributed by atoms with Crippen molar-refractivity contribution in [1.29, 1.82) is 0 Å². The topological polar surface area (TPSA) is 78.7 Å². The second-order valence-corrected chi connectivity index (χ2v) is 9.47. The first-order chi connectivity index (χ1) is 15.8. The fourth-order valence-electron chi connectivity index (χ4n) is 3.48. The molecule has 8 heteroatoms. The van der Waals surface area contributed by atoms with Crippen LogP contribution >= 0.6 is 22.9 Å². The predicted molar refractivity (Wildman–Crippen MR) is 136 cm³/mol. The number of nitrogens with zero attached hydrogens (tertiary/aromatic N) is 4. The van der Waals surface area contributed by atoms with Crippen molar-refractivity contribution in [3.63, 3.8) is 0 Å². The van der Waals surface area contributed by atoms with Crippen LogP contribution in [-0.4, -0.2) is 19.1 Å². The second kappa shape index (κ2) is 9.70. The Morgan fingerprint density at radius 2 is 1.85 bits per heavy atom. The molecule has 5 rings (SSSR count). The van der Waals surface area contributed by atoms with Gasteiger partial charge in [0, 0.05) is 58.3 Å². The van der Waals surface area contributed by atoms with Crippen LogP contribution in [0.3, 0.4) is 0 Å². The molecule has 1 aromatic carbocycles. The van der Waals surface area contributed by atoms with Crippen molar-refractivity contribution in [3.05, 3.63) is 105 Å². The largest absolute Gasteiger partial charge is 0.341 e. The van der Waals surface area contributed by atoms with Crippen molar-refractivity contribution < 1.29 is 0 Å². The SMILES string of the molecule is Cc1ccc(-c2cc(=O)n(C)c3cnc(C(N)c4ccc(Cl)cc4)cc23)s1.Cn1ccnc1. The summed E-state index contributed by atoms with van der Waals surface area (Å²) in [5.74, 6) is 0. The monoisotopic (exact) mass is 477 g/mol. The van der Waals surface area contributed by atoms with E-state index in [0.29, 0.717) is 5.02 Å². The number of aromatic nitrogens is 4. The molecule has 0 aliphatic heterocycles. The Hall–Kier alpha value is -3.26. The van der Waals surface area contributed by atoms with Gasteiger partial charge in [0.15, 0.2) is 0 Å². The Labute approximate surface area is 200 Å². The molecule has 168 valence electrons. The number of pyridine rings is 2. The van der Waals surface area contributed by atoms with Gasteiger partial charge >= 0.3 is 0 Å². The molecule has 0 saturated carbocycles. The van der Waals surface area contributed by atoms with Crippen LogP contribution in [0.5, 0.6) is 0 Å². The van der Waals surface area contributed by atoms with Crippen molar-refractivity contribution in [2.24, 2.45) is 19.8 Å². The van der Waals surface area contributed by atoms with Crippen LogP contribution in [0.25, 0.3) is 21.3 Å². The number of hydrogen-bond acceptors (Lipinski definition) is 5. The van der Waals surface area contributed by atoms with Gasteiger partial charge in [-0.25, -0.2) is 4.98 Å². The highest BCUT2D eigenvalue weighted by Gasteiger charge is 2.15. The van der Waals surface area contributed by atoms with E-state index in [1.54, 1.807) is 47.7 Å². The highest BCUT2D eigenvalue weighted by molar-refractivity contribution is 7.15. The van der Waals surface area contributed by atoms with Gasteiger partial charge in [0.1, 0.15) is 0 Å². The zero-order valence-electron chi connectivity index (χ0n) is 18.6. The summed E-state index contributed by atoms with van der Waals surface area (Å²) in [6.07, 6.45) is 7.12. The molecule has 0 aliphatic rings. The molecule has 4 aromatic heterocycles. The molecule has 5 aromatic rings. The van der Waals surface area contributed by atoms with E-state index in [4.69, 9.17) is 17.3 Å². The summed E-state index contributed by atoms with van der Waals surface area (Å²) in [7, 11) is 3.70. The van der Waals surface area contributed by atoms with E-state index in [1.807, 2.05) is 54.2 Å². The first-order valence-electron chi connectivity index (χ1n) is 10.3. The first kappa shape index (κ1) is 22.9. The summed E-state index contributed by atoms with van der Waals surface area (Å²) in [5.41, 5.74) is 9.78. The Morgan fingerprint density at radius 1 is 1.09 bits per heavy atom. The van der Waals surface area contributed by atoms with Crippen molar-refractivity contribution in [2.45, 2.75) is 13.0 Å². The molecule has 0 fully saturated rings.